The van der Waals surface area contributed by atoms with Crippen molar-refractivity contribution >= 4 is 20.0 Å². The molecular formula is C15H17F3N2O4S2. The van der Waals surface area contributed by atoms with E-state index in [1.165, 1.54) is 10.4 Å². The predicted octanol–water partition coefficient (Wildman–Crippen LogP) is 1.85. The van der Waals surface area contributed by atoms with E-state index >= 15 is 0 Å². The number of hydrogen-bond acceptors (Lipinski definition) is 4. The van der Waals surface area contributed by atoms with Crippen LogP contribution in [-0.4, -0.2) is 50.6 Å². The van der Waals surface area contributed by atoms with Crippen LogP contribution in [0.4, 0.5) is 13.2 Å². The Balaban J connectivity index is 1.81. The Morgan fingerprint density at radius 3 is 2.46 bits per heavy atom. The molecule has 2 aliphatic heterocycles. The Bertz CT molecular complexity index is 957. The second-order valence-electron chi connectivity index (χ2n) is 7.04. The van der Waals surface area contributed by atoms with Crippen LogP contribution in [0.3, 0.4) is 0 Å². The molecule has 2 fully saturated rings. The van der Waals surface area contributed by atoms with Crippen LogP contribution in [0.15, 0.2) is 29.2 Å². The van der Waals surface area contributed by atoms with Crippen LogP contribution in [0, 0.1) is 5.92 Å². The highest BCUT2D eigenvalue weighted by atomic mass is 32.2. The lowest BCUT2D eigenvalue weighted by Crippen LogP contribution is -2.48. The number of benzene rings is 1. The smallest absolute Gasteiger partial charge is 0.207 e. The van der Waals surface area contributed by atoms with Crippen molar-refractivity contribution in [3.8, 4) is 0 Å². The summed E-state index contributed by atoms with van der Waals surface area (Å²) in [6.07, 6.45) is 1.73. The Hall–Kier alpha value is -1.17. The van der Waals surface area contributed by atoms with Gasteiger partial charge in [0.15, 0.2) is 0 Å². The normalized spacial score (nSPS) is 29.3. The van der Waals surface area contributed by atoms with Crippen LogP contribution in [0.1, 0.15) is 24.8 Å². The average molecular weight is 410 g/mol. The van der Waals surface area contributed by atoms with Crippen molar-refractivity contribution in [2.24, 2.45) is 5.92 Å². The van der Waals surface area contributed by atoms with Gasteiger partial charge < -0.3 is 0 Å². The first-order valence-corrected chi connectivity index (χ1v) is 11.1. The molecule has 1 spiro atoms. The second kappa shape index (κ2) is 5.43. The maximum absolute atomic E-state index is 13.0. The molecule has 0 aromatic heterocycles. The third-order valence-electron chi connectivity index (χ3n) is 5.40. The summed E-state index contributed by atoms with van der Waals surface area (Å²) in [6.45, 7) is -0.679. The van der Waals surface area contributed by atoms with Gasteiger partial charge in [-0.1, -0.05) is 18.2 Å². The molecule has 1 unspecified atom stereocenters. The van der Waals surface area contributed by atoms with Crippen LogP contribution in [0.5, 0.6) is 0 Å². The highest BCUT2D eigenvalue weighted by Gasteiger charge is 2.62. The highest BCUT2D eigenvalue weighted by Crippen LogP contribution is 2.52. The fraction of sp³-hybridized carbons (Fsp3) is 0.600. The van der Waals surface area contributed by atoms with Gasteiger partial charge >= 0.3 is 15.5 Å². The largest absolute Gasteiger partial charge is 0.511 e. The number of sulfonamides is 2. The van der Waals surface area contributed by atoms with Gasteiger partial charge in [-0.3, -0.25) is 0 Å². The standard InChI is InChI=1S/C15H17F3N2O4S2/c16-15(17,18)26(23,24)19-8-7-14(10-19)12-3-1-2-4-13(12)25(21,22)20(14)9-11-5-6-11/h1-4,11H,5-10H2. The molecular weight excluding hydrogens is 393 g/mol. The molecule has 1 atom stereocenters. The first kappa shape index (κ1) is 18.2. The maximum Gasteiger partial charge on any atom is 0.511 e. The fourth-order valence-electron chi connectivity index (χ4n) is 3.90. The van der Waals surface area contributed by atoms with Crippen molar-refractivity contribution in [1.82, 2.24) is 8.61 Å². The minimum absolute atomic E-state index is 0.00523. The van der Waals surface area contributed by atoms with Gasteiger partial charge in [0.1, 0.15) is 0 Å². The van der Waals surface area contributed by atoms with Crippen LogP contribution in [0.2, 0.25) is 0 Å². The van der Waals surface area contributed by atoms with Gasteiger partial charge in [-0.2, -0.15) is 21.8 Å². The average Bonchev–Trinajstić information content (AvgIpc) is 3.23. The van der Waals surface area contributed by atoms with E-state index in [1.54, 1.807) is 18.2 Å². The van der Waals surface area contributed by atoms with Gasteiger partial charge in [0.2, 0.25) is 10.0 Å². The van der Waals surface area contributed by atoms with Gasteiger partial charge in [0.25, 0.3) is 0 Å². The molecule has 0 radical (unpaired) electrons. The summed E-state index contributed by atoms with van der Waals surface area (Å²) in [5.74, 6) is 0.171. The Morgan fingerprint density at radius 1 is 1.19 bits per heavy atom. The van der Waals surface area contributed by atoms with Gasteiger partial charge in [0.05, 0.1) is 10.4 Å². The van der Waals surface area contributed by atoms with Gasteiger partial charge in [0, 0.05) is 19.6 Å². The molecule has 1 aromatic carbocycles. The first-order chi connectivity index (χ1) is 12.0. The van der Waals surface area contributed by atoms with E-state index in [2.05, 4.69) is 0 Å². The topological polar surface area (TPSA) is 74.8 Å². The second-order valence-corrected chi connectivity index (χ2v) is 10.8. The van der Waals surface area contributed by atoms with Crippen molar-refractivity contribution in [2.45, 2.75) is 35.2 Å². The Labute approximate surface area is 149 Å². The molecule has 1 aromatic rings. The lowest BCUT2D eigenvalue weighted by Gasteiger charge is -2.34. The van der Waals surface area contributed by atoms with E-state index in [4.69, 9.17) is 0 Å². The monoisotopic (exact) mass is 410 g/mol. The zero-order valence-corrected chi connectivity index (χ0v) is 15.2. The van der Waals surface area contributed by atoms with Gasteiger partial charge in [-0.15, -0.1) is 0 Å². The van der Waals surface area contributed by atoms with Crippen molar-refractivity contribution in [3.05, 3.63) is 29.8 Å². The van der Waals surface area contributed by atoms with Crippen molar-refractivity contribution in [3.63, 3.8) is 0 Å². The minimum Gasteiger partial charge on any atom is -0.207 e. The molecule has 2 heterocycles. The van der Waals surface area contributed by atoms with E-state index in [-0.39, 0.29) is 30.3 Å². The number of rotatable bonds is 3. The summed E-state index contributed by atoms with van der Waals surface area (Å²) in [7, 11) is -9.37. The minimum atomic E-state index is -5.50. The molecule has 0 amide bonds. The molecule has 144 valence electrons. The lowest BCUT2D eigenvalue weighted by atomic mass is 9.89. The van der Waals surface area contributed by atoms with Gasteiger partial charge in [-0.05, 0) is 36.8 Å². The number of fused-ring (bicyclic) bond motifs is 2. The number of halogens is 3. The third-order valence-corrected chi connectivity index (χ3v) is 8.97. The van der Waals surface area contributed by atoms with Crippen LogP contribution in [0.25, 0.3) is 0 Å². The van der Waals surface area contributed by atoms with Crippen molar-refractivity contribution in [2.75, 3.05) is 19.6 Å². The SMILES string of the molecule is O=S1(=O)c2ccccc2C2(CCN(S(=O)(=O)C(F)(F)F)C2)N1CC1CC1. The Morgan fingerprint density at radius 2 is 1.85 bits per heavy atom. The van der Waals surface area contributed by atoms with Crippen LogP contribution >= 0.6 is 0 Å². The molecule has 26 heavy (non-hydrogen) atoms. The quantitative estimate of drug-likeness (QED) is 0.762. The Kier molecular flexibility index (Phi) is 3.80. The maximum atomic E-state index is 13.0. The van der Waals surface area contributed by atoms with Gasteiger partial charge in [-0.25, -0.2) is 16.8 Å². The predicted molar refractivity (Wildman–Crippen MR) is 85.9 cm³/mol. The zero-order valence-electron chi connectivity index (χ0n) is 13.6. The van der Waals surface area contributed by atoms with E-state index < -0.39 is 37.6 Å². The zero-order chi connectivity index (χ0) is 19.0. The molecule has 1 saturated carbocycles. The molecule has 6 nitrogen and oxygen atoms in total. The van der Waals surface area contributed by atoms with Crippen LogP contribution < -0.4 is 0 Å². The molecule has 1 aliphatic carbocycles. The number of hydrogen-bond donors (Lipinski definition) is 0. The molecule has 1 saturated heterocycles. The van der Waals surface area contributed by atoms with E-state index in [0.29, 0.717) is 9.87 Å². The summed E-state index contributed by atoms with van der Waals surface area (Å²) in [5, 5.41) is 0. The summed E-state index contributed by atoms with van der Waals surface area (Å²) in [4.78, 5) is 0.0620. The van der Waals surface area contributed by atoms with Crippen molar-refractivity contribution < 1.29 is 30.0 Å². The molecule has 0 N–H and O–H groups in total. The van der Waals surface area contributed by atoms with E-state index in [1.807, 2.05) is 0 Å². The highest BCUT2D eigenvalue weighted by molar-refractivity contribution is 7.90. The number of alkyl halides is 3. The molecule has 0 bridgehead atoms. The van der Waals surface area contributed by atoms with Crippen LogP contribution in [-0.2, 0) is 25.6 Å². The van der Waals surface area contributed by atoms with E-state index in [0.717, 1.165) is 12.8 Å². The molecule has 3 aliphatic rings. The molecule has 4 rings (SSSR count). The lowest BCUT2D eigenvalue weighted by molar-refractivity contribution is -0.0485. The van der Waals surface area contributed by atoms with E-state index in [9.17, 15) is 30.0 Å². The number of nitrogens with zero attached hydrogens (tertiary/aromatic N) is 2. The third kappa shape index (κ3) is 2.44. The summed E-state index contributed by atoms with van der Waals surface area (Å²) < 4.78 is 90.2. The molecule has 11 heteroatoms. The summed E-state index contributed by atoms with van der Waals surface area (Å²) >= 11 is 0. The first-order valence-electron chi connectivity index (χ1n) is 8.19. The summed E-state index contributed by atoms with van der Waals surface area (Å²) in [5.41, 5.74) is -6.28. The summed E-state index contributed by atoms with van der Waals surface area (Å²) in [6, 6.07) is 6.19. The fourth-order valence-corrected chi connectivity index (χ4v) is 7.05. The van der Waals surface area contributed by atoms with Crippen molar-refractivity contribution in [1.29, 1.82) is 0 Å².